The number of carbonyl (C=O) groups is 2. The SMILES string of the molecule is Cc1ccc(C)c(OCCCC(C)(C)C(=O)NNC(=O)COc2ccc(Cl)cc2)c1. The van der Waals surface area contributed by atoms with Crippen LogP contribution in [0.25, 0.3) is 0 Å². The van der Waals surface area contributed by atoms with Gasteiger partial charge in [-0.2, -0.15) is 0 Å². The van der Waals surface area contributed by atoms with Crippen molar-refractivity contribution in [2.45, 2.75) is 40.5 Å². The monoisotopic (exact) mass is 432 g/mol. The topological polar surface area (TPSA) is 76.7 Å². The van der Waals surface area contributed by atoms with E-state index in [2.05, 4.69) is 10.9 Å². The summed E-state index contributed by atoms with van der Waals surface area (Å²) in [7, 11) is 0. The van der Waals surface area contributed by atoms with Gasteiger partial charge >= 0.3 is 0 Å². The number of hydrazine groups is 1. The second-order valence-electron chi connectivity index (χ2n) is 7.85. The van der Waals surface area contributed by atoms with Crippen molar-refractivity contribution in [2.75, 3.05) is 13.2 Å². The van der Waals surface area contributed by atoms with Crippen LogP contribution in [0.5, 0.6) is 11.5 Å². The first-order valence-electron chi connectivity index (χ1n) is 9.85. The Hall–Kier alpha value is -2.73. The molecule has 0 unspecified atom stereocenters. The molecule has 0 spiro atoms. The molecule has 0 aliphatic carbocycles. The second-order valence-corrected chi connectivity index (χ2v) is 8.29. The summed E-state index contributed by atoms with van der Waals surface area (Å²) < 4.78 is 11.2. The van der Waals surface area contributed by atoms with Crippen LogP contribution in [0, 0.1) is 19.3 Å². The lowest BCUT2D eigenvalue weighted by molar-refractivity contribution is -0.135. The van der Waals surface area contributed by atoms with Gasteiger partial charge in [-0.25, -0.2) is 0 Å². The molecule has 162 valence electrons. The molecule has 6 nitrogen and oxygen atoms in total. The molecule has 30 heavy (non-hydrogen) atoms. The largest absolute Gasteiger partial charge is 0.493 e. The predicted molar refractivity (Wildman–Crippen MR) is 118 cm³/mol. The van der Waals surface area contributed by atoms with E-state index in [1.54, 1.807) is 24.3 Å². The van der Waals surface area contributed by atoms with Gasteiger partial charge in [0, 0.05) is 10.4 Å². The van der Waals surface area contributed by atoms with E-state index in [0.29, 0.717) is 30.2 Å². The Labute approximate surface area is 182 Å². The Balaban J connectivity index is 1.69. The average molecular weight is 433 g/mol. The number of ether oxygens (including phenoxy) is 2. The maximum atomic E-state index is 12.4. The molecule has 0 aromatic heterocycles. The van der Waals surface area contributed by atoms with Crippen LogP contribution < -0.4 is 20.3 Å². The van der Waals surface area contributed by atoms with Crippen molar-refractivity contribution in [1.82, 2.24) is 10.9 Å². The quantitative estimate of drug-likeness (QED) is 0.455. The number of rotatable bonds is 9. The first kappa shape index (κ1) is 23.5. The minimum atomic E-state index is -0.657. The van der Waals surface area contributed by atoms with Gasteiger partial charge in [0.25, 0.3) is 5.91 Å². The number of hydrogen-bond donors (Lipinski definition) is 2. The smallest absolute Gasteiger partial charge is 0.276 e. The number of halogens is 1. The van der Waals surface area contributed by atoms with Gasteiger partial charge < -0.3 is 9.47 Å². The fourth-order valence-electron chi connectivity index (χ4n) is 2.68. The Bertz CT molecular complexity index is 866. The van der Waals surface area contributed by atoms with Crippen LogP contribution in [0.3, 0.4) is 0 Å². The van der Waals surface area contributed by atoms with E-state index in [1.807, 2.05) is 45.9 Å². The highest BCUT2D eigenvalue weighted by atomic mass is 35.5. The van der Waals surface area contributed by atoms with Crippen LogP contribution in [0.15, 0.2) is 42.5 Å². The number of benzene rings is 2. The number of amides is 2. The third-order valence-electron chi connectivity index (χ3n) is 4.66. The van der Waals surface area contributed by atoms with E-state index in [-0.39, 0.29) is 12.5 Å². The van der Waals surface area contributed by atoms with Crippen molar-refractivity contribution in [3.8, 4) is 11.5 Å². The zero-order valence-corrected chi connectivity index (χ0v) is 18.6. The third-order valence-corrected chi connectivity index (χ3v) is 4.91. The minimum Gasteiger partial charge on any atom is -0.493 e. The van der Waals surface area contributed by atoms with Crippen LogP contribution in [-0.2, 0) is 9.59 Å². The molecule has 2 N–H and O–H groups in total. The van der Waals surface area contributed by atoms with Gasteiger partial charge in [0.15, 0.2) is 6.61 Å². The van der Waals surface area contributed by atoms with Gasteiger partial charge in [-0.15, -0.1) is 0 Å². The van der Waals surface area contributed by atoms with Gasteiger partial charge in [-0.1, -0.05) is 37.6 Å². The second kappa shape index (κ2) is 10.9. The molecular weight excluding hydrogens is 404 g/mol. The van der Waals surface area contributed by atoms with Crippen LogP contribution in [0.4, 0.5) is 0 Å². The molecule has 0 radical (unpaired) electrons. The number of aryl methyl sites for hydroxylation is 2. The Morgan fingerprint density at radius 2 is 1.70 bits per heavy atom. The fraction of sp³-hybridized carbons (Fsp3) is 0.391. The average Bonchev–Trinajstić information content (AvgIpc) is 2.71. The van der Waals surface area contributed by atoms with E-state index >= 15 is 0 Å². The lowest BCUT2D eigenvalue weighted by Crippen LogP contribution is -2.48. The van der Waals surface area contributed by atoms with Crippen molar-refractivity contribution in [1.29, 1.82) is 0 Å². The molecule has 0 saturated heterocycles. The van der Waals surface area contributed by atoms with Crippen molar-refractivity contribution < 1.29 is 19.1 Å². The molecule has 0 fully saturated rings. The van der Waals surface area contributed by atoms with Gasteiger partial charge in [0.1, 0.15) is 11.5 Å². The third kappa shape index (κ3) is 7.59. The number of nitrogens with one attached hydrogen (secondary N) is 2. The van der Waals surface area contributed by atoms with Crippen LogP contribution >= 0.6 is 11.6 Å². The standard InChI is InChI=1S/C23H29ClN2O4/c1-16-6-7-17(2)20(14-16)29-13-5-12-23(3,4)22(28)26-25-21(27)15-30-19-10-8-18(24)9-11-19/h6-11,14H,5,12-13,15H2,1-4H3,(H,25,27)(H,26,28). The Morgan fingerprint density at radius 1 is 1.00 bits per heavy atom. The fourth-order valence-corrected chi connectivity index (χ4v) is 2.81. The van der Waals surface area contributed by atoms with Crippen molar-refractivity contribution >= 4 is 23.4 Å². The van der Waals surface area contributed by atoms with E-state index in [4.69, 9.17) is 21.1 Å². The highest BCUT2D eigenvalue weighted by Crippen LogP contribution is 2.24. The molecule has 2 aromatic carbocycles. The lowest BCUT2D eigenvalue weighted by Gasteiger charge is -2.23. The molecular formula is C23H29ClN2O4. The summed E-state index contributed by atoms with van der Waals surface area (Å²) >= 11 is 5.80. The zero-order valence-electron chi connectivity index (χ0n) is 17.9. The first-order valence-corrected chi connectivity index (χ1v) is 10.2. The van der Waals surface area contributed by atoms with Gasteiger partial charge in [-0.05, 0) is 68.1 Å². The summed E-state index contributed by atoms with van der Waals surface area (Å²) in [5.74, 6) is 0.664. The maximum Gasteiger partial charge on any atom is 0.276 e. The summed E-state index contributed by atoms with van der Waals surface area (Å²) in [5.41, 5.74) is 6.41. The van der Waals surface area contributed by atoms with Crippen LogP contribution in [-0.4, -0.2) is 25.0 Å². The molecule has 0 aliphatic heterocycles. The number of hydrogen-bond acceptors (Lipinski definition) is 4. The summed E-state index contributed by atoms with van der Waals surface area (Å²) in [4.78, 5) is 24.3. The summed E-state index contributed by atoms with van der Waals surface area (Å²) in [6, 6.07) is 12.8. The van der Waals surface area contributed by atoms with E-state index in [9.17, 15) is 9.59 Å². The van der Waals surface area contributed by atoms with Crippen molar-refractivity contribution in [3.63, 3.8) is 0 Å². The summed E-state index contributed by atoms with van der Waals surface area (Å²) in [6.07, 6.45) is 1.32. The molecule has 0 aliphatic rings. The Morgan fingerprint density at radius 3 is 2.40 bits per heavy atom. The van der Waals surface area contributed by atoms with Crippen LogP contribution in [0.1, 0.15) is 37.8 Å². The molecule has 7 heteroatoms. The molecule has 2 aromatic rings. The number of carbonyl (C=O) groups excluding carboxylic acids is 2. The van der Waals surface area contributed by atoms with Crippen LogP contribution in [0.2, 0.25) is 5.02 Å². The molecule has 2 rings (SSSR count). The van der Waals surface area contributed by atoms with Crippen molar-refractivity contribution in [2.24, 2.45) is 5.41 Å². The zero-order chi connectivity index (χ0) is 22.1. The van der Waals surface area contributed by atoms with Gasteiger partial charge in [0.2, 0.25) is 5.91 Å². The van der Waals surface area contributed by atoms with E-state index < -0.39 is 11.3 Å². The van der Waals surface area contributed by atoms with Crippen molar-refractivity contribution in [3.05, 3.63) is 58.6 Å². The molecule has 0 atom stereocenters. The molecule has 0 bridgehead atoms. The molecule has 2 amide bonds. The molecule has 0 saturated carbocycles. The minimum absolute atomic E-state index is 0.216. The lowest BCUT2D eigenvalue weighted by atomic mass is 9.87. The Kier molecular flexibility index (Phi) is 8.54. The maximum absolute atomic E-state index is 12.4. The van der Waals surface area contributed by atoms with E-state index in [1.165, 1.54) is 0 Å². The summed E-state index contributed by atoms with van der Waals surface area (Å²) in [5, 5.41) is 0.584. The highest BCUT2D eigenvalue weighted by molar-refractivity contribution is 6.30. The van der Waals surface area contributed by atoms with Gasteiger partial charge in [0.05, 0.1) is 6.61 Å². The first-order chi connectivity index (χ1) is 14.2. The van der Waals surface area contributed by atoms with Gasteiger partial charge in [-0.3, -0.25) is 20.4 Å². The predicted octanol–water partition coefficient (Wildman–Crippen LogP) is 4.37. The molecule has 0 heterocycles. The van der Waals surface area contributed by atoms with E-state index in [0.717, 1.165) is 16.9 Å². The normalized spacial score (nSPS) is 11.0. The highest BCUT2D eigenvalue weighted by Gasteiger charge is 2.27. The summed E-state index contributed by atoms with van der Waals surface area (Å²) in [6.45, 7) is 7.99.